The molecule has 1 saturated heterocycles. The Kier molecular flexibility index (Phi) is 11.7. The second-order valence-corrected chi connectivity index (χ2v) is 15.2. The van der Waals surface area contributed by atoms with Crippen molar-refractivity contribution in [2.75, 3.05) is 63.2 Å². The fourth-order valence-electron chi connectivity index (χ4n) is 7.79. The molecule has 4 heterocycles. The van der Waals surface area contributed by atoms with E-state index in [0.717, 1.165) is 16.3 Å². The van der Waals surface area contributed by atoms with Crippen molar-refractivity contribution in [3.63, 3.8) is 0 Å². The van der Waals surface area contributed by atoms with Gasteiger partial charge in [-0.05, 0) is 55.8 Å². The minimum atomic E-state index is -5.12. The van der Waals surface area contributed by atoms with E-state index in [0.29, 0.717) is 51.0 Å². The van der Waals surface area contributed by atoms with E-state index in [1.165, 1.54) is 44.2 Å². The molecule has 20 heteroatoms. The fourth-order valence-corrected chi connectivity index (χ4v) is 8.15. The zero-order valence-electron chi connectivity index (χ0n) is 33.4. The van der Waals surface area contributed by atoms with Crippen LogP contribution in [0.3, 0.4) is 0 Å². The number of aromatic nitrogens is 3. The maximum atomic E-state index is 15.9. The molecule has 15 nitrogen and oxygen atoms in total. The number of carbonyl (C=O) groups is 2. The number of nitrogens with two attached hydrogens (primary N) is 1. The zero-order chi connectivity index (χ0) is 44.1. The molecule has 1 atom stereocenters. The van der Waals surface area contributed by atoms with Gasteiger partial charge in [0.25, 0.3) is 11.9 Å². The van der Waals surface area contributed by atoms with Gasteiger partial charge in [-0.1, -0.05) is 15.9 Å². The summed E-state index contributed by atoms with van der Waals surface area (Å²) in [7, 11) is 4.53. The lowest BCUT2D eigenvalue weighted by Gasteiger charge is -2.43. The SMILES string of the molecule is CCn1cc(C(=O)O)c(=O)c2cc(F)c(N3CCN(CN4C(=O)/C(=N\c5ncc(Cc6cc(OC)c(OC)c(OC)c6)c(N)n5)c5cc(Br)ccc54)C(C)C3)c(C(F)(F)F)c21. The predicted octanol–water partition coefficient (Wildman–Crippen LogP) is 6.26. The lowest BCUT2D eigenvalue weighted by Crippen LogP contribution is -2.56. The molecule has 1 amide bonds. The zero-order valence-corrected chi connectivity index (χ0v) is 35.0. The molecule has 3 aromatic carbocycles. The highest BCUT2D eigenvalue weighted by molar-refractivity contribution is 9.10. The van der Waals surface area contributed by atoms with Crippen LogP contribution in [0.5, 0.6) is 17.2 Å². The Morgan fingerprint density at radius 1 is 1.07 bits per heavy atom. The van der Waals surface area contributed by atoms with Crippen molar-refractivity contribution in [2.45, 2.75) is 39.0 Å². The van der Waals surface area contributed by atoms with Gasteiger partial charge in [-0.15, -0.1) is 0 Å². The van der Waals surface area contributed by atoms with Gasteiger partial charge in [0, 0.05) is 66.6 Å². The number of methoxy groups -OCH3 is 3. The number of pyridine rings is 1. The topological polar surface area (TPSA) is 178 Å². The van der Waals surface area contributed by atoms with Crippen LogP contribution in [0, 0.1) is 5.82 Å². The van der Waals surface area contributed by atoms with Crippen LogP contribution in [0.1, 0.15) is 46.5 Å². The molecule has 320 valence electrons. The van der Waals surface area contributed by atoms with Crippen LogP contribution < -0.4 is 35.2 Å². The molecule has 0 bridgehead atoms. The van der Waals surface area contributed by atoms with E-state index in [2.05, 4.69) is 30.9 Å². The average Bonchev–Trinajstić information content (AvgIpc) is 3.46. The number of carbonyl (C=O) groups excluding carboxylic acids is 1. The average molecular weight is 912 g/mol. The number of amides is 1. The van der Waals surface area contributed by atoms with Crippen LogP contribution in [-0.2, 0) is 23.9 Å². The molecule has 7 rings (SSSR count). The number of aliphatic imine (C=N–C) groups is 1. The molecule has 0 spiro atoms. The van der Waals surface area contributed by atoms with Crippen molar-refractivity contribution >= 4 is 67.6 Å². The molecule has 2 aromatic heterocycles. The molecular weight excluding hydrogens is 872 g/mol. The highest BCUT2D eigenvalue weighted by atomic mass is 79.9. The fraction of sp³-hybridized carbons (Fsp3) is 0.317. The number of ether oxygens (including phenoxy) is 3. The molecule has 2 aliphatic heterocycles. The Balaban J connectivity index is 1.15. The Morgan fingerprint density at radius 3 is 2.36 bits per heavy atom. The number of nitrogens with zero attached hydrogens (tertiary/aromatic N) is 7. The smallest absolute Gasteiger partial charge is 0.420 e. The number of piperazine rings is 1. The largest absolute Gasteiger partial charge is 0.493 e. The van der Waals surface area contributed by atoms with E-state index >= 15 is 4.39 Å². The maximum absolute atomic E-state index is 15.9. The predicted molar refractivity (Wildman–Crippen MR) is 222 cm³/mol. The molecule has 1 fully saturated rings. The first-order valence-corrected chi connectivity index (χ1v) is 19.6. The first-order valence-electron chi connectivity index (χ1n) is 18.8. The highest BCUT2D eigenvalue weighted by Crippen LogP contribution is 2.44. The second kappa shape index (κ2) is 16.6. The summed E-state index contributed by atoms with van der Waals surface area (Å²) in [4.78, 5) is 56.9. The Bertz CT molecular complexity index is 2670. The van der Waals surface area contributed by atoms with Crippen molar-refractivity contribution in [2.24, 2.45) is 4.99 Å². The van der Waals surface area contributed by atoms with Gasteiger partial charge in [-0.3, -0.25) is 19.4 Å². The van der Waals surface area contributed by atoms with Gasteiger partial charge in [0.2, 0.25) is 11.2 Å². The summed E-state index contributed by atoms with van der Waals surface area (Å²) in [6.45, 7) is 3.08. The number of rotatable bonds is 11. The van der Waals surface area contributed by atoms with Gasteiger partial charge < -0.3 is 34.5 Å². The van der Waals surface area contributed by atoms with Crippen LogP contribution in [-0.4, -0.2) is 95.8 Å². The second-order valence-electron chi connectivity index (χ2n) is 14.3. The number of aryl methyl sites for hydroxylation is 1. The third-order valence-electron chi connectivity index (χ3n) is 10.7. The van der Waals surface area contributed by atoms with Crippen molar-refractivity contribution in [3.05, 3.63) is 97.1 Å². The maximum Gasteiger partial charge on any atom is 0.420 e. The summed E-state index contributed by atoms with van der Waals surface area (Å²) in [6, 6.07) is 8.95. The number of fused-ring (bicyclic) bond motifs is 2. The van der Waals surface area contributed by atoms with Crippen molar-refractivity contribution in [1.82, 2.24) is 19.4 Å². The van der Waals surface area contributed by atoms with Crippen LogP contribution in [0.15, 0.2) is 63.1 Å². The molecule has 3 N–H and O–H groups in total. The van der Waals surface area contributed by atoms with E-state index in [9.17, 15) is 32.7 Å². The van der Waals surface area contributed by atoms with Crippen LogP contribution >= 0.6 is 15.9 Å². The molecule has 5 aromatic rings. The molecule has 1 unspecified atom stereocenters. The lowest BCUT2D eigenvalue weighted by atomic mass is 10.0. The van der Waals surface area contributed by atoms with Crippen molar-refractivity contribution in [1.29, 1.82) is 0 Å². The summed E-state index contributed by atoms with van der Waals surface area (Å²) in [5.41, 5.74) is 4.07. The minimum Gasteiger partial charge on any atom is -0.493 e. The number of carboxylic acid groups (broad SMARTS) is 1. The summed E-state index contributed by atoms with van der Waals surface area (Å²) in [6.07, 6.45) is -2.44. The number of hydrogen-bond donors (Lipinski definition) is 2. The molecule has 0 radical (unpaired) electrons. The number of anilines is 3. The first kappa shape index (κ1) is 42.8. The summed E-state index contributed by atoms with van der Waals surface area (Å²) >= 11 is 3.47. The Labute approximate surface area is 354 Å². The Hall–Kier alpha value is -6.28. The minimum absolute atomic E-state index is 0.0118. The highest BCUT2D eigenvalue weighted by Gasteiger charge is 2.43. The van der Waals surface area contributed by atoms with Gasteiger partial charge in [0.1, 0.15) is 28.5 Å². The van der Waals surface area contributed by atoms with E-state index in [1.54, 1.807) is 37.3 Å². The van der Waals surface area contributed by atoms with E-state index in [-0.39, 0.29) is 50.3 Å². The standard InChI is InChI=1S/C41H39BrF4N8O7/c1-6-51-18-26(39(57)58)35(55)25-15-27(43)34(31(33(25)51)41(44,45)46)52-9-10-53(20(2)17-52)19-54-28-8-7-23(42)14-24(28)32(38(54)56)49-40-48-16-22(37(47)50-40)11-21-12-29(59-3)36(61-5)30(13-21)60-4/h7-8,12-16,18,20H,6,9-11,17,19H2,1-5H3,(H,57,58)(H2,47,48,50)/b49-32-. The number of benzene rings is 3. The van der Waals surface area contributed by atoms with Gasteiger partial charge in [0.05, 0.1) is 50.3 Å². The summed E-state index contributed by atoms with van der Waals surface area (Å²) in [5, 5.41) is 8.84. The molecular formula is C41H39BrF4N8O7. The van der Waals surface area contributed by atoms with Gasteiger partial charge in [0.15, 0.2) is 11.5 Å². The third kappa shape index (κ3) is 7.92. The normalized spacial score (nSPS) is 16.4. The van der Waals surface area contributed by atoms with Crippen LogP contribution in [0.4, 0.5) is 40.7 Å². The number of alkyl halides is 3. The van der Waals surface area contributed by atoms with E-state index in [1.807, 2.05) is 4.90 Å². The Morgan fingerprint density at radius 2 is 1.77 bits per heavy atom. The van der Waals surface area contributed by atoms with Crippen molar-refractivity contribution < 1.29 is 46.5 Å². The van der Waals surface area contributed by atoms with Gasteiger partial charge in [-0.25, -0.2) is 19.2 Å². The number of carboxylic acids is 1. The molecule has 2 aliphatic rings. The number of aromatic carboxylic acids is 1. The van der Waals surface area contributed by atoms with Crippen LogP contribution in [0.2, 0.25) is 0 Å². The van der Waals surface area contributed by atoms with Crippen molar-refractivity contribution in [3.8, 4) is 17.2 Å². The number of halogens is 5. The molecule has 61 heavy (non-hydrogen) atoms. The first-order chi connectivity index (χ1) is 29.0. The molecule has 0 aliphatic carbocycles. The summed E-state index contributed by atoms with van der Waals surface area (Å²) in [5.74, 6) is -2.00. The third-order valence-corrected chi connectivity index (χ3v) is 11.2. The van der Waals surface area contributed by atoms with E-state index in [4.69, 9.17) is 19.9 Å². The lowest BCUT2D eigenvalue weighted by molar-refractivity contribution is -0.136. The van der Waals surface area contributed by atoms with E-state index < -0.39 is 63.1 Å². The quantitative estimate of drug-likeness (QED) is 0.142. The van der Waals surface area contributed by atoms with Crippen LogP contribution in [0.25, 0.3) is 10.9 Å². The van der Waals surface area contributed by atoms with Gasteiger partial charge in [-0.2, -0.15) is 18.2 Å². The van der Waals surface area contributed by atoms with Gasteiger partial charge >= 0.3 is 12.1 Å². The number of nitrogen functional groups attached to an aromatic ring is 1. The number of hydrogen-bond acceptors (Lipinski definition) is 12. The summed E-state index contributed by atoms with van der Waals surface area (Å²) < 4.78 is 78.8. The monoisotopic (exact) mass is 910 g/mol. The molecule has 0 saturated carbocycles.